The van der Waals surface area contributed by atoms with Gasteiger partial charge in [-0.05, 0) is 51.3 Å². The number of esters is 1. The van der Waals surface area contributed by atoms with Crippen LogP contribution in [0, 0.1) is 17.0 Å². The van der Waals surface area contributed by atoms with E-state index in [1.807, 2.05) is 31.2 Å². The fraction of sp³-hybridized carbons (Fsp3) is 0.321. The van der Waals surface area contributed by atoms with Crippen molar-refractivity contribution in [2.45, 2.75) is 39.7 Å². The summed E-state index contributed by atoms with van der Waals surface area (Å²) in [5.74, 6) is -0.511. The van der Waals surface area contributed by atoms with E-state index < -0.39 is 16.9 Å². The SMILES string of the molecule is CCOC(=O)C1=C(C)N=c2s/c(=C\c3cc([N+](=O)[O-])ccc3N3CCCC3)c(=O)n2[C@@H]1c1ccc(C)cc1. The zero-order valence-corrected chi connectivity index (χ0v) is 22.3. The molecule has 0 radical (unpaired) electrons. The summed E-state index contributed by atoms with van der Waals surface area (Å²) >= 11 is 1.21. The molecule has 3 heterocycles. The van der Waals surface area contributed by atoms with Crippen molar-refractivity contribution in [2.24, 2.45) is 4.99 Å². The Morgan fingerprint density at radius 1 is 1.18 bits per heavy atom. The van der Waals surface area contributed by atoms with Crippen molar-refractivity contribution >= 4 is 34.8 Å². The molecule has 1 aromatic heterocycles. The second-order valence-corrected chi connectivity index (χ2v) is 10.4. The van der Waals surface area contributed by atoms with E-state index in [0.717, 1.165) is 42.7 Å². The number of carbonyl (C=O) groups is 1. The van der Waals surface area contributed by atoms with Crippen molar-refractivity contribution in [3.63, 3.8) is 0 Å². The Kier molecular flexibility index (Phi) is 6.98. The van der Waals surface area contributed by atoms with Crippen LogP contribution >= 0.6 is 11.3 Å². The van der Waals surface area contributed by atoms with Gasteiger partial charge in [0.25, 0.3) is 11.2 Å². The average molecular weight is 533 g/mol. The van der Waals surface area contributed by atoms with Gasteiger partial charge in [0.2, 0.25) is 0 Å². The van der Waals surface area contributed by atoms with Gasteiger partial charge in [-0.25, -0.2) is 9.79 Å². The van der Waals surface area contributed by atoms with Crippen molar-refractivity contribution in [2.75, 3.05) is 24.6 Å². The number of hydrogen-bond acceptors (Lipinski definition) is 8. The predicted molar refractivity (Wildman–Crippen MR) is 146 cm³/mol. The molecular weight excluding hydrogens is 504 g/mol. The number of nitro groups is 1. The molecular formula is C28H28N4O5S. The highest BCUT2D eigenvalue weighted by Gasteiger charge is 2.33. The Hall–Kier alpha value is -4.05. The lowest BCUT2D eigenvalue weighted by molar-refractivity contribution is -0.384. The van der Waals surface area contributed by atoms with Crippen LogP contribution in [-0.4, -0.2) is 35.2 Å². The van der Waals surface area contributed by atoms with Gasteiger partial charge in [0, 0.05) is 36.5 Å². The number of nitro benzene ring substituents is 1. The number of aryl methyl sites for hydroxylation is 1. The van der Waals surface area contributed by atoms with Crippen molar-refractivity contribution in [1.82, 2.24) is 4.57 Å². The van der Waals surface area contributed by atoms with Crippen LogP contribution in [0.4, 0.5) is 11.4 Å². The predicted octanol–water partition coefficient (Wildman–Crippen LogP) is 3.62. The van der Waals surface area contributed by atoms with Gasteiger partial charge >= 0.3 is 5.97 Å². The first-order valence-corrected chi connectivity index (χ1v) is 13.4. The van der Waals surface area contributed by atoms with Crippen LogP contribution in [0.1, 0.15) is 49.4 Å². The Labute approximate surface area is 223 Å². The highest BCUT2D eigenvalue weighted by molar-refractivity contribution is 7.07. The van der Waals surface area contributed by atoms with Gasteiger partial charge in [-0.2, -0.15) is 0 Å². The molecule has 5 rings (SSSR count). The molecule has 0 amide bonds. The zero-order valence-electron chi connectivity index (χ0n) is 21.5. The Morgan fingerprint density at radius 3 is 2.55 bits per heavy atom. The molecule has 0 bridgehead atoms. The molecule has 1 fully saturated rings. The maximum absolute atomic E-state index is 13.9. The maximum Gasteiger partial charge on any atom is 0.338 e. The number of fused-ring (bicyclic) bond motifs is 1. The molecule has 3 aromatic rings. The molecule has 2 aliphatic rings. The Morgan fingerprint density at radius 2 is 1.89 bits per heavy atom. The summed E-state index contributed by atoms with van der Waals surface area (Å²) in [6.45, 7) is 7.37. The number of hydrogen-bond donors (Lipinski definition) is 0. The van der Waals surface area contributed by atoms with Crippen LogP contribution in [0.3, 0.4) is 0 Å². The van der Waals surface area contributed by atoms with Crippen molar-refractivity contribution in [1.29, 1.82) is 0 Å². The highest BCUT2D eigenvalue weighted by Crippen LogP contribution is 2.31. The fourth-order valence-electron chi connectivity index (χ4n) is 5.01. The standard InChI is InChI=1S/C28H28N4O5S/c1-4-37-27(34)24-18(3)29-28-31(25(24)19-9-7-17(2)8-10-19)26(33)23(38-28)16-20-15-21(32(35)36)11-12-22(20)30-13-5-6-14-30/h7-12,15-16,25H,4-6,13-14H2,1-3H3/b23-16-/t25-/m1/s1. The van der Waals surface area contributed by atoms with E-state index in [-0.39, 0.29) is 17.9 Å². The number of nitrogens with zero attached hydrogens (tertiary/aromatic N) is 4. The van der Waals surface area contributed by atoms with E-state index in [1.54, 1.807) is 26.0 Å². The quantitative estimate of drug-likeness (QED) is 0.273. The van der Waals surface area contributed by atoms with E-state index in [2.05, 4.69) is 9.89 Å². The monoisotopic (exact) mass is 532 g/mol. The van der Waals surface area contributed by atoms with E-state index in [0.29, 0.717) is 26.2 Å². The summed E-state index contributed by atoms with van der Waals surface area (Å²) in [6.07, 6.45) is 3.80. The summed E-state index contributed by atoms with van der Waals surface area (Å²) in [7, 11) is 0. The van der Waals surface area contributed by atoms with Crippen LogP contribution in [0.25, 0.3) is 6.08 Å². The summed E-state index contributed by atoms with van der Waals surface area (Å²) in [6, 6.07) is 11.8. The first kappa shape index (κ1) is 25.6. The molecule has 2 aromatic carbocycles. The summed E-state index contributed by atoms with van der Waals surface area (Å²) in [4.78, 5) is 45.3. The summed E-state index contributed by atoms with van der Waals surface area (Å²) < 4.78 is 7.27. The van der Waals surface area contributed by atoms with E-state index in [4.69, 9.17) is 4.74 Å². The van der Waals surface area contributed by atoms with Crippen molar-refractivity contribution < 1.29 is 14.5 Å². The minimum Gasteiger partial charge on any atom is -0.463 e. The molecule has 0 spiro atoms. The lowest BCUT2D eigenvalue weighted by Crippen LogP contribution is -2.40. The first-order valence-electron chi connectivity index (χ1n) is 12.6. The van der Waals surface area contributed by atoms with Crippen molar-refractivity contribution in [3.8, 4) is 0 Å². The topological polar surface area (TPSA) is 107 Å². The van der Waals surface area contributed by atoms with Crippen LogP contribution in [0.5, 0.6) is 0 Å². The smallest absolute Gasteiger partial charge is 0.338 e. The van der Waals surface area contributed by atoms with Crippen LogP contribution in [0.15, 0.2) is 63.5 Å². The van der Waals surface area contributed by atoms with Crippen LogP contribution in [-0.2, 0) is 9.53 Å². The largest absolute Gasteiger partial charge is 0.463 e. The third-order valence-corrected chi connectivity index (χ3v) is 7.85. The number of anilines is 1. The number of thiazole rings is 1. The van der Waals surface area contributed by atoms with E-state index >= 15 is 0 Å². The minimum atomic E-state index is -0.698. The molecule has 9 nitrogen and oxygen atoms in total. The molecule has 2 aliphatic heterocycles. The molecule has 0 saturated carbocycles. The number of carbonyl (C=O) groups excluding carboxylic acids is 1. The molecule has 38 heavy (non-hydrogen) atoms. The van der Waals surface area contributed by atoms with E-state index in [9.17, 15) is 19.7 Å². The molecule has 196 valence electrons. The van der Waals surface area contributed by atoms with Gasteiger partial charge < -0.3 is 9.64 Å². The molecule has 10 heteroatoms. The summed E-state index contributed by atoms with van der Waals surface area (Å²) in [5.41, 5.74) is 3.76. The lowest BCUT2D eigenvalue weighted by Gasteiger charge is -2.24. The van der Waals surface area contributed by atoms with Gasteiger partial charge in [-0.1, -0.05) is 41.2 Å². The number of ether oxygens (including phenoxy) is 1. The second-order valence-electron chi connectivity index (χ2n) is 9.41. The molecule has 0 N–H and O–H groups in total. The maximum atomic E-state index is 13.9. The summed E-state index contributed by atoms with van der Waals surface area (Å²) in [5, 5.41) is 11.5. The molecule has 0 aliphatic carbocycles. The van der Waals surface area contributed by atoms with Crippen LogP contribution < -0.4 is 19.8 Å². The third-order valence-electron chi connectivity index (χ3n) is 6.87. The normalized spacial score (nSPS) is 17.4. The van der Waals surface area contributed by atoms with Gasteiger partial charge in [-0.3, -0.25) is 19.5 Å². The lowest BCUT2D eigenvalue weighted by atomic mass is 9.95. The zero-order chi connectivity index (χ0) is 27.0. The number of benzene rings is 2. The first-order chi connectivity index (χ1) is 18.3. The van der Waals surface area contributed by atoms with Gasteiger partial charge in [0.05, 0.1) is 33.4 Å². The third kappa shape index (κ3) is 4.67. The van der Waals surface area contributed by atoms with Crippen molar-refractivity contribution in [3.05, 3.63) is 100 Å². The Balaban J connectivity index is 1.72. The number of aromatic nitrogens is 1. The van der Waals surface area contributed by atoms with Gasteiger partial charge in [0.1, 0.15) is 0 Å². The molecule has 1 saturated heterocycles. The molecule has 1 atom stereocenters. The second kappa shape index (κ2) is 10.4. The van der Waals surface area contributed by atoms with Gasteiger partial charge in [0.15, 0.2) is 4.80 Å². The van der Waals surface area contributed by atoms with E-state index in [1.165, 1.54) is 28.0 Å². The number of rotatable bonds is 6. The number of allylic oxidation sites excluding steroid dienone is 1. The minimum absolute atomic E-state index is 0.0371. The average Bonchev–Trinajstić information content (AvgIpc) is 3.52. The molecule has 0 unspecified atom stereocenters. The van der Waals surface area contributed by atoms with Gasteiger partial charge in [-0.15, -0.1) is 0 Å². The highest BCUT2D eigenvalue weighted by atomic mass is 32.1. The Bertz CT molecular complexity index is 1630. The van der Waals surface area contributed by atoms with Crippen LogP contribution in [0.2, 0.25) is 0 Å². The number of non-ortho nitro benzene ring substituents is 1. The fourth-order valence-corrected chi connectivity index (χ4v) is 6.05.